The maximum atomic E-state index is 4.85. The lowest BCUT2D eigenvalue weighted by molar-refractivity contribution is 0.767. The highest BCUT2D eigenvalue weighted by Crippen LogP contribution is 2.64. The van der Waals surface area contributed by atoms with Crippen LogP contribution >= 0.6 is 0 Å². The molecule has 0 saturated heterocycles. The number of para-hydroxylation sites is 1. The Morgan fingerprint density at radius 1 is 0.471 bits per heavy atom. The normalized spacial score (nSPS) is 18.1. The summed E-state index contributed by atoms with van der Waals surface area (Å²) in [6.07, 6.45) is 6.64. The maximum Gasteiger partial charge on any atom is 0.0794 e. The Morgan fingerprint density at radius 2 is 1.10 bits per heavy atom. The van der Waals surface area contributed by atoms with Crippen LogP contribution in [-0.2, 0) is 5.41 Å². The smallest absolute Gasteiger partial charge is 0.0794 e. The average Bonchev–Trinajstić information content (AvgIpc) is 3.68. The van der Waals surface area contributed by atoms with E-state index in [1.54, 1.807) is 0 Å². The number of hydrogen-bond acceptors (Lipinski definition) is 2. The predicted octanol–water partition coefficient (Wildman–Crippen LogP) is 11.5. The van der Waals surface area contributed by atoms with Crippen LogP contribution < -0.4 is 5.32 Å². The Balaban J connectivity index is 1.20. The molecule has 51 heavy (non-hydrogen) atoms. The first-order valence-corrected chi connectivity index (χ1v) is 17.8. The predicted molar refractivity (Wildman–Crippen MR) is 210 cm³/mol. The molecule has 8 aromatic rings. The molecule has 1 aromatic heterocycles. The highest BCUT2D eigenvalue weighted by Gasteiger charge is 2.52. The molecule has 0 radical (unpaired) electrons. The summed E-state index contributed by atoms with van der Waals surface area (Å²) < 4.78 is 0. The number of pyridine rings is 1. The van der Waals surface area contributed by atoms with Crippen molar-refractivity contribution in [2.45, 2.75) is 11.5 Å². The van der Waals surface area contributed by atoms with Gasteiger partial charge in [0.25, 0.3) is 0 Å². The van der Waals surface area contributed by atoms with E-state index in [2.05, 4.69) is 175 Å². The van der Waals surface area contributed by atoms with Crippen LogP contribution in [0.25, 0.3) is 55.2 Å². The van der Waals surface area contributed by atoms with Crippen molar-refractivity contribution in [2.75, 3.05) is 0 Å². The summed E-state index contributed by atoms with van der Waals surface area (Å²) in [7, 11) is 0. The Kier molecular flexibility index (Phi) is 5.97. The van der Waals surface area contributed by atoms with Gasteiger partial charge in [0.15, 0.2) is 0 Å². The van der Waals surface area contributed by atoms with Gasteiger partial charge in [-0.3, -0.25) is 4.98 Å². The minimum absolute atomic E-state index is 0.0130. The molecule has 2 heterocycles. The molecular weight excluding hydrogens is 617 g/mol. The van der Waals surface area contributed by atoms with Gasteiger partial charge in [0, 0.05) is 22.8 Å². The summed E-state index contributed by atoms with van der Waals surface area (Å²) in [5, 5.41) is 7.62. The maximum absolute atomic E-state index is 4.85. The lowest BCUT2D eigenvalue weighted by Gasteiger charge is -2.31. The van der Waals surface area contributed by atoms with E-state index in [1.807, 2.05) is 12.3 Å². The Hall–Kier alpha value is -6.51. The van der Waals surface area contributed by atoms with Crippen LogP contribution in [0.15, 0.2) is 182 Å². The molecule has 2 unspecified atom stereocenters. The lowest BCUT2D eigenvalue weighted by Crippen LogP contribution is -2.26. The second-order valence-corrected chi connectivity index (χ2v) is 13.9. The Morgan fingerprint density at radius 3 is 1.96 bits per heavy atom. The topological polar surface area (TPSA) is 24.9 Å². The van der Waals surface area contributed by atoms with E-state index in [0.717, 1.165) is 22.2 Å². The van der Waals surface area contributed by atoms with Crippen LogP contribution in [0.5, 0.6) is 0 Å². The van der Waals surface area contributed by atoms with E-state index in [9.17, 15) is 0 Å². The Labute approximate surface area is 297 Å². The van der Waals surface area contributed by atoms with E-state index >= 15 is 0 Å². The molecule has 0 saturated carbocycles. The van der Waals surface area contributed by atoms with Gasteiger partial charge in [0.2, 0.25) is 0 Å². The zero-order chi connectivity index (χ0) is 33.5. The largest absolute Gasteiger partial charge is 0.374 e. The fraction of sp³-hybridized carbons (Fsp3) is 0.0408. The second kappa shape index (κ2) is 10.7. The molecule has 1 spiro atoms. The first-order chi connectivity index (χ1) is 25.3. The fourth-order valence-electron chi connectivity index (χ4n) is 9.32. The molecule has 2 atom stereocenters. The number of nitrogens with one attached hydrogen (secondary N) is 1. The van der Waals surface area contributed by atoms with Gasteiger partial charge < -0.3 is 5.32 Å². The molecule has 7 aromatic carbocycles. The van der Waals surface area contributed by atoms with E-state index in [1.165, 1.54) is 72.0 Å². The third kappa shape index (κ3) is 3.90. The minimum Gasteiger partial charge on any atom is -0.374 e. The average molecular weight is 649 g/mol. The van der Waals surface area contributed by atoms with Gasteiger partial charge in [-0.15, -0.1) is 0 Å². The van der Waals surface area contributed by atoms with E-state index in [4.69, 9.17) is 4.98 Å². The monoisotopic (exact) mass is 648 g/mol. The van der Waals surface area contributed by atoms with E-state index in [0.29, 0.717) is 0 Å². The summed E-state index contributed by atoms with van der Waals surface area (Å²) in [5.41, 5.74) is 17.2. The van der Waals surface area contributed by atoms with Crippen LogP contribution in [0.2, 0.25) is 0 Å². The van der Waals surface area contributed by atoms with Crippen molar-refractivity contribution in [2.24, 2.45) is 0 Å². The quantitative estimate of drug-likeness (QED) is 0.206. The third-order valence-corrected chi connectivity index (χ3v) is 11.4. The van der Waals surface area contributed by atoms with Gasteiger partial charge in [0.05, 0.1) is 17.0 Å². The molecule has 3 aliphatic rings. The van der Waals surface area contributed by atoms with Crippen LogP contribution in [0.4, 0.5) is 0 Å². The number of allylic oxidation sites excluding steroid dienone is 2. The second-order valence-electron chi connectivity index (χ2n) is 13.9. The first-order valence-electron chi connectivity index (χ1n) is 17.8. The number of dihydropyridines is 1. The molecule has 1 aliphatic heterocycles. The lowest BCUT2D eigenvalue weighted by atomic mass is 9.70. The molecule has 0 fully saturated rings. The van der Waals surface area contributed by atoms with Crippen molar-refractivity contribution in [3.63, 3.8) is 0 Å². The summed E-state index contributed by atoms with van der Waals surface area (Å²) in [6, 6.07) is 60.1. The fourth-order valence-corrected chi connectivity index (χ4v) is 9.32. The Bertz CT molecular complexity index is 2780. The van der Waals surface area contributed by atoms with Crippen LogP contribution in [0.3, 0.4) is 0 Å². The van der Waals surface area contributed by atoms with Gasteiger partial charge in [0.1, 0.15) is 0 Å². The van der Waals surface area contributed by atoms with Crippen LogP contribution in [-0.4, -0.2) is 4.98 Å². The molecule has 2 nitrogen and oxygen atoms in total. The van der Waals surface area contributed by atoms with E-state index in [-0.39, 0.29) is 6.04 Å². The van der Waals surface area contributed by atoms with Crippen molar-refractivity contribution in [1.29, 1.82) is 0 Å². The number of aromatic nitrogens is 1. The van der Waals surface area contributed by atoms with Crippen molar-refractivity contribution >= 4 is 32.9 Å². The van der Waals surface area contributed by atoms with Crippen molar-refractivity contribution in [3.8, 4) is 22.3 Å². The number of rotatable bonds is 3. The highest BCUT2D eigenvalue weighted by atomic mass is 14.9. The van der Waals surface area contributed by atoms with Gasteiger partial charge in [-0.25, -0.2) is 0 Å². The number of nitrogens with zero attached hydrogens (tertiary/aromatic N) is 1. The SMILES string of the molecule is C1=C(c2cccc3c2-c2ccccc2C32c3ccccc3-c3c2ccc2ccccc32)C=C(c2cccc3cccnc23)NC1c1ccccc1. The van der Waals surface area contributed by atoms with Gasteiger partial charge in [-0.05, 0) is 90.2 Å². The van der Waals surface area contributed by atoms with Crippen molar-refractivity contribution in [1.82, 2.24) is 10.3 Å². The summed E-state index contributed by atoms with van der Waals surface area (Å²) >= 11 is 0. The molecule has 0 amide bonds. The van der Waals surface area contributed by atoms with Gasteiger partial charge in [-0.2, -0.15) is 0 Å². The zero-order valence-corrected chi connectivity index (χ0v) is 27.8. The molecule has 238 valence electrons. The van der Waals surface area contributed by atoms with Gasteiger partial charge in [-0.1, -0.05) is 158 Å². The molecule has 1 N–H and O–H groups in total. The highest BCUT2D eigenvalue weighted by molar-refractivity contribution is 6.07. The first kappa shape index (κ1) is 28.3. The summed E-state index contributed by atoms with van der Waals surface area (Å²) in [6.45, 7) is 0. The van der Waals surface area contributed by atoms with Crippen molar-refractivity contribution < 1.29 is 0 Å². The zero-order valence-electron chi connectivity index (χ0n) is 27.8. The summed E-state index contributed by atoms with van der Waals surface area (Å²) in [5.74, 6) is 0. The summed E-state index contributed by atoms with van der Waals surface area (Å²) in [4.78, 5) is 4.85. The number of fused-ring (bicyclic) bond motifs is 13. The molecule has 0 bridgehead atoms. The molecule has 2 heteroatoms. The molecular formula is C49H32N2. The minimum atomic E-state index is -0.420. The van der Waals surface area contributed by atoms with Crippen LogP contribution in [0, 0.1) is 0 Å². The van der Waals surface area contributed by atoms with Crippen LogP contribution in [0.1, 0.15) is 45.0 Å². The standard InChI is InChI=1S/C49H32N2/c1-2-14-32(15-3-1)44-29-34(30-45(51-44)39-22-10-16-33-17-12-28-50-48(33)39)36-21-11-25-42-47(36)38-20-7-9-24-41(38)49(42)40-23-8-6-19-37(40)46-35-18-5-4-13-31(35)26-27-43(46)49/h1-30,44,51H. The van der Waals surface area contributed by atoms with E-state index < -0.39 is 5.41 Å². The third-order valence-electron chi connectivity index (χ3n) is 11.4. The van der Waals surface area contributed by atoms with Gasteiger partial charge >= 0.3 is 0 Å². The van der Waals surface area contributed by atoms with Crippen molar-refractivity contribution in [3.05, 3.63) is 221 Å². The molecule has 11 rings (SSSR count). The number of benzene rings is 7. The number of hydrogen-bond donors (Lipinski definition) is 1. The molecule has 2 aliphatic carbocycles.